The molecule has 116 valence electrons. The Bertz CT molecular complexity index is 292. The van der Waals surface area contributed by atoms with Crippen LogP contribution in [0.5, 0.6) is 0 Å². The minimum atomic E-state index is -1.22. The minimum absolute atomic E-state index is 0.107. The van der Waals surface area contributed by atoms with Crippen molar-refractivity contribution >= 4 is 13.1 Å². The number of piperidine rings is 1. The highest BCUT2D eigenvalue weighted by molar-refractivity contribution is 6.40. The van der Waals surface area contributed by atoms with Gasteiger partial charge in [0.1, 0.15) is 0 Å². The van der Waals surface area contributed by atoms with Crippen molar-refractivity contribution < 1.29 is 19.9 Å². The Morgan fingerprint density at radius 2 is 2.10 bits per heavy atom. The van der Waals surface area contributed by atoms with Crippen LogP contribution in [0.25, 0.3) is 0 Å². The molecule has 1 fully saturated rings. The summed E-state index contributed by atoms with van der Waals surface area (Å²) in [5.41, 5.74) is 6.03. The highest BCUT2D eigenvalue weighted by atomic mass is 16.4. The Hall–Kier alpha value is -0.625. The first-order valence-electron chi connectivity index (χ1n) is 7.56. The lowest BCUT2D eigenvalue weighted by Crippen LogP contribution is -2.40. The Kier molecular flexibility index (Phi) is 8.14. The smallest absolute Gasteiger partial charge is 0.451 e. The van der Waals surface area contributed by atoms with Gasteiger partial charge in [-0.3, -0.25) is 4.79 Å². The van der Waals surface area contributed by atoms with E-state index in [9.17, 15) is 4.79 Å². The lowest BCUT2D eigenvalue weighted by atomic mass is 9.83. The van der Waals surface area contributed by atoms with Gasteiger partial charge in [0.15, 0.2) is 0 Å². The molecule has 0 aromatic heterocycles. The second-order valence-corrected chi connectivity index (χ2v) is 5.79. The number of carbonyl (C=O) groups is 1. The lowest BCUT2D eigenvalue weighted by Gasteiger charge is -2.31. The van der Waals surface area contributed by atoms with Crippen molar-refractivity contribution in [1.29, 1.82) is 0 Å². The maximum atomic E-state index is 11.0. The molecule has 0 aliphatic carbocycles. The van der Waals surface area contributed by atoms with Gasteiger partial charge in [0.25, 0.3) is 0 Å². The van der Waals surface area contributed by atoms with Crippen LogP contribution in [0.15, 0.2) is 0 Å². The molecule has 0 aromatic carbocycles. The summed E-state index contributed by atoms with van der Waals surface area (Å²) in [6, 6.07) is 0.107. The molecule has 1 saturated heterocycles. The molecular formula is C13H27BN2O4. The quantitative estimate of drug-likeness (QED) is 0.355. The molecule has 7 heteroatoms. The van der Waals surface area contributed by atoms with Crippen molar-refractivity contribution in [2.75, 3.05) is 19.6 Å². The number of hydrogen-bond acceptors (Lipinski definition) is 5. The highest BCUT2D eigenvalue weighted by Crippen LogP contribution is 2.17. The fraction of sp³-hybridized carbons (Fsp3) is 0.923. The number of likely N-dealkylation sites (tertiary alicyclic amines) is 1. The van der Waals surface area contributed by atoms with Crippen molar-refractivity contribution in [3.63, 3.8) is 0 Å². The summed E-state index contributed by atoms with van der Waals surface area (Å²) >= 11 is 0. The molecule has 0 saturated carbocycles. The van der Waals surface area contributed by atoms with E-state index in [2.05, 4.69) is 4.90 Å². The molecule has 1 rings (SSSR count). The zero-order valence-corrected chi connectivity index (χ0v) is 12.1. The maximum absolute atomic E-state index is 11.0. The van der Waals surface area contributed by atoms with Gasteiger partial charge in [-0.1, -0.05) is 12.8 Å². The Morgan fingerprint density at radius 1 is 1.35 bits per heavy atom. The number of carboxylic acids is 1. The van der Waals surface area contributed by atoms with Crippen LogP contribution in [0, 0.1) is 5.92 Å². The van der Waals surface area contributed by atoms with E-state index < -0.39 is 13.1 Å². The summed E-state index contributed by atoms with van der Waals surface area (Å²) in [4.78, 5) is 13.2. The molecular weight excluding hydrogens is 259 g/mol. The summed E-state index contributed by atoms with van der Waals surface area (Å²) < 4.78 is 0. The molecule has 0 aromatic rings. The van der Waals surface area contributed by atoms with Crippen molar-refractivity contribution in [1.82, 2.24) is 4.90 Å². The van der Waals surface area contributed by atoms with Gasteiger partial charge < -0.3 is 25.8 Å². The molecule has 20 heavy (non-hydrogen) atoms. The van der Waals surface area contributed by atoms with Crippen LogP contribution >= 0.6 is 0 Å². The number of nitrogens with two attached hydrogens (primary N) is 1. The van der Waals surface area contributed by atoms with Gasteiger partial charge in [0.2, 0.25) is 0 Å². The molecule has 0 amide bonds. The molecule has 0 radical (unpaired) electrons. The summed E-state index contributed by atoms with van der Waals surface area (Å²) in [6.45, 7) is 2.46. The molecule has 1 aliphatic rings. The summed E-state index contributed by atoms with van der Waals surface area (Å²) in [7, 11) is -1.22. The molecule has 0 bridgehead atoms. The second kappa shape index (κ2) is 9.34. The third-order valence-electron chi connectivity index (χ3n) is 3.96. The van der Waals surface area contributed by atoms with Crippen molar-refractivity contribution in [2.45, 2.75) is 50.9 Å². The predicted octanol–water partition coefficient (Wildman–Crippen LogP) is 0.143. The standard InChI is InChI=1S/C13H27BN2O4/c15-12(5-1-2-7-14(19)20)6-9-16-8-3-4-11(10-16)13(17)18/h11-12,19-20H,1-10,15H2,(H,17,18)/t11-,12?/m0/s1. The van der Waals surface area contributed by atoms with Gasteiger partial charge in [0, 0.05) is 12.6 Å². The Balaban J connectivity index is 2.11. The van der Waals surface area contributed by atoms with Crippen molar-refractivity contribution in [3.8, 4) is 0 Å². The van der Waals surface area contributed by atoms with Gasteiger partial charge in [0.05, 0.1) is 5.92 Å². The van der Waals surface area contributed by atoms with Gasteiger partial charge in [-0.15, -0.1) is 0 Å². The number of hydrogen-bond donors (Lipinski definition) is 4. The summed E-state index contributed by atoms with van der Waals surface area (Å²) in [5.74, 6) is -0.924. The van der Waals surface area contributed by atoms with Gasteiger partial charge >= 0.3 is 13.1 Å². The predicted molar refractivity (Wildman–Crippen MR) is 78.2 cm³/mol. The van der Waals surface area contributed by atoms with Crippen LogP contribution < -0.4 is 5.73 Å². The van der Waals surface area contributed by atoms with Crippen LogP contribution in [-0.2, 0) is 4.79 Å². The SMILES string of the molecule is NC(CCCCB(O)O)CCN1CCC[C@H](C(=O)O)C1. The number of nitrogens with zero attached hydrogens (tertiary/aromatic N) is 1. The van der Waals surface area contributed by atoms with Gasteiger partial charge in [-0.2, -0.15) is 0 Å². The first kappa shape index (κ1) is 17.4. The van der Waals surface area contributed by atoms with Crippen LogP contribution in [0.1, 0.15) is 38.5 Å². The van der Waals surface area contributed by atoms with E-state index in [0.717, 1.165) is 51.6 Å². The average molecular weight is 286 g/mol. The van der Waals surface area contributed by atoms with Crippen LogP contribution in [0.3, 0.4) is 0 Å². The van der Waals surface area contributed by atoms with E-state index in [-0.39, 0.29) is 12.0 Å². The van der Waals surface area contributed by atoms with Crippen LogP contribution in [0.4, 0.5) is 0 Å². The van der Waals surface area contributed by atoms with E-state index in [4.69, 9.17) is 20.9 Å². The first-order chi connectivity index (χ1) is 9.49. The number of carboxylic acid groups (broad SMARTS) is 1. The third-order valence-corrected chi connectivity index (χ3v) is 3.96. The van der Waals surface area contributed by atoms with Crippen LogP contribution in [0.2, 0.25) is 6.32 Å². The fourth-order valence-corrected chi connectivity index (χ4v) is 2.69. The fourth-order valence-electron chi connectivity index (χ4n) is 2.69. The van der Waals surface area contributed by atoms with E-state index >= 15 is 0 Å². The van der Waals surface area contributed by atoms with Crippen molar-refractivity contribution in [2.24, 2.45) is 11.7 Å². The van der Waals surface area contributed by atoms with Crippen molar-refractivity contribution in [3.05, 3.63) is 0 Å². The average Bonchev–Trinajstić information content (AvgIpc) is 2.41. The molecule has 6 nitrogen and oxygen atoms in total. The van der Waals surface area contributed by atoms with Crippen LogP contribution in [-0.4, -0.2) is 58.8 Å². The van der Waals surface area contributed by atoms with E-state index in [1.807, 2.05) is 0 Å². The van der Waals surface area contributed by atoms with E-state index in [1.165, 1.54) is 0 Å². The lowest BCUT2D eigenvalue weighted by molar-refractivity contribution is -0.143. The zero-order chi connectivity index (χ0) is 15.0. The molecule has 1 heterocycles. The zero-order valence-electron chi connectivity index (χ0n) is 12.1. The molecule has 1 unspecified atom stereocenters. The van der Waals surface area contributed by atoms with Gasteiger partial charge in [-0.05, 0) is 45.1 Å². The van der Waals surface area contributed by atoms with E-state index in [0.29, 0.717) is 12.9 Å². The number of rotatable bonds is 9. The number of aliphatic carboxylic acids is 1. The third kappa shape index (κ3) is 7.24. The molecule has 5 N–H and O–H groups in total. The Labute approximate surface area is 121 Å². The molecule has 1 aliphatic heterocycles. The first-order valence-corrected chi connectivity index (χ1v) is 7.56. The molecule has 2 atom stereocenters. The van der Waals surface area contributed by atoms with Gasteiger partial charge in [-0.25, -0.2) is 0 Å². The maximum Gasteiger partial charge on any atom is 0.451 e. The topological polar surface area (TPSA) is 107 Å². The largest absolute Gasteiger partial charge is 0.481 e. The second-order valence-electron chi connectivity index (χ2n) is 5.79. The molecule has 0 spiro atoms. The Morgan fingerprint density at radius 3 is 2.75 bits per heavy atom. The summed E-state index contributed by atoms with van der Waals surface area (Å²) in [5, 5.41) is 26.5. The monoisotopic (exact) mass is 286 g/mol. The minimum Gasteiger partial charge on any atom is -0.481 e. The highest BCUT2D eigenvalue weighted by Gasteiger charge is 2.25. The van der Waals surface area contributed by atoms with E-state index in [1.54, 1.807) is 0 Å². The number of unbranched alkanes of at least 4 members (excludes halogenated alkanes) is 1. The normalized spacial score (nSPS) is 21.6. The summed E-state index contributed by atoms with van der Waals surface area (Å²) in [6.07, 6.45) is 5.55.